The van der Waals surface area contributed by atoms with Gasteiger partial charge < -0.3 is 9.13 Å². The molecule has 0 aliphatic rings. The molecule has 0 radical (unpaired) electrons. The summed E-state index contributed by atoms with van der Waals surface area (Å²) in [5.41, 5.74) is 9.63. The second kappa shape index (κ2) is 14.7. The van der Waals surface area contributed by atoms with Gasteiger partial charge in [0.25, 0.3) is 0 Å². The zero-order valence-electron chi connectivity index (χ0n) is 34.9. The molecular formula is C60H40N2SSi. The highest BCUT2D eigenvalue weighted by atomic mass is 32.1. The number of hydrogen-bond acceptors (Lipinski definition) is 1. The molecule has 64 heavy (non-hydrogen) atoms. The van der Waals surface area contributed by atoms with E-state index in [1.165, 1.54) is 101 Å². The van der Waals surface area contributed by atoms with E-state index >= 15 is 0 Å². The minimum atomic E-state index is -2.77. The van der Waals surface area contributed by atoms with E-state index in [-0.39, 0.29) is 0 Å². The Kier molecular flexibility index (Phi) is 8.45. The molecule has 0 aliphatic heterocycles. The normalized spacial score (nSPS) is 12.1. The smallest absolute Gasteiger partial charge is 0.179 e. The monoisotopic (exact) mass is 848 g/mol. The van der Waals surface area contributed by atoms with Crippen molar-refractivity contribution in [1.82, 2.24) is 9.13 Å². The van der Waals surface area contributed by atoms with Gasteiger partial charge in [0.1, 0.15) is 0 Å². The molecule has 0 spiro atoms. The second-order valence-corrected chi connectivity index (χ2v) is 21.6. The van der Waals surface area contributed by atoms with E-state index in [0.29, 0.717) is 0 Å². The van der Waals surface area contributed by atoms with Gasteiger partial charge in [-0.15, -0.1) is 11.3 Å². The minimum absolute atomic E-state index is 1.15. The van der Waals surface area contributed by atoms with E-state index in [9.17, 15) is 0 Å². The second-order valence-electron chi connectivity index (χ2n) is 16.8. The average molecular weight is 849 g/mol. The van der Waals surface area contributed by atoms with Crippen molar-refractivity contribution in [2.45, 2.75) is 0 Å². The Balaban J connectivity index is 1.08. The van der Waals surface area contributed by atoms with Crippen LogP contribution in [0.5, 0.6) is 0 Å². The highest BCUT2D eigenvalue weighted by molar-refractivity contribution is 7.26. The molecule has 2 nitrogen and oxygen atoms in total. The van der Waals surface area contributed by atoms with Crippen LogP contribution in [0.15, 0.2) is 243 Å². The maximum absolute atomic E-state index is 2.77. The first-order valence-corrected chi connectivity index (χ1v) is 24.8. The van der Waals surface area contributed by atoms with Gasteiger partial charge in [-0.2, -0.15) is 0 Å². The summed E-state index contributed by atoms with van der Waals surface area (Å²) >= 11 is 1.88. The molecular weight excluding hydrogens is 809 g/mol. The minimum Gasteiger partial charge on any atom is -0.309 e. The van der Waals surface area contributed by atoms with Crippen LogP contribution < -0.4 is 20.7 Å². The van der Waals surface area contributed by atoms with Gasteiger partial charge in [-0.05, 0) is 86.5 Å². The summed E-state index contributed by atoms with van der Waals surface area (Å²) in [5, 5.41) is 13.1. The van der Waals surface area contributed by atoms with E-state index < -0.39 is 8.07 Å². The van der Waals surface area contributed by atoms with Crippen molar-refractivity contribution in [3.05, 3.63) is 243 Å². The maximum Gasteiger partial charge on any atom is 0.179 e. The first-order valence-electron chi connectivity index (χ1n) is 22.0. The Morgan fingerprint density at radius 2 is 0.750 bits per heavy atom. The highest BCUT2D eigenvalue weighted by Crippen LogP contribution is 2.46. The molecule has 0 amide bonds. The lowest BCUT2D eigenvalue weighted by Crippen LogP contribution is -2.74. The standard InChI is InChI=1S/C60H40N2SSi/c1-4-21-42(22-5-1)64(43-23-6-2-7-24-43,44-25-8-3-9-26-44)45-27-16-20-41(40-45)61-51-33-13-11-29-49(51)60-54(61)36-19-37-55(60)62-52-34-14-10-28-48(52)58-46(31-17-35-53(58)62)47-32-18-39-57-59(47)50-30-12-15-38-56(50)63-57/h1-40H. The maximum atomic E-state index is 2.52. The van der Waals surface area contributed by atoms with Crippen LogP contribution in [0.3, 0.4) is 0 Å². The first-order chi connectivity index (χ1) is 31.8. The SMILES string of the molecule is c1ccc([Si](c2ccccc2)(c2ccccc2)c2cccc(-n3c4ccccc4c4c(-n5c6ccccc6c6c(-c7cccc8sc9ccccc9c78)cccc65)cccc43)c2)cc1. The van der Waals surface area contributed by atoms with Gasteiger partial charge in [-0.3, -0.25) is 0 Å². The Morgan fingerprint density at radius 1 is 0.297 bits per heavy atom. The van der Waals surface area contributed by atoms with Crippen LogP contribution in [0.2, 0.25) is 0 Å². The molecule has 10 aromatic carbocycles. The van der Waals surface area contributed by atoms with E-state index in [0.717, 1.165) is 5.69 Å². The first kappa shape index (κ1) is 36.9. The van der Waals surface area contributed by atoms with Crippen LogP contribution in [0.1, 0.15) is 0 Å². The van der Waals surface area contributed by atoms with Gasteiger partial charge >= 0.3 is 0 Å². The van der Waals surface area contributed by atoms with Gasteiger partial charge in [-0.1, -0.05) is 188 Å². The molecule has 0 saturated heterocycles. The Bertz CT molecular complexity index is 3800. The quantitative estimate of drug-likeness (QED) is 0.112. The molecule has 4 heteroatoms. The summed E-state index contributed by atoms with van der Waals surface area (Å²) in [6.45, 7) is 0. The topological polar surface area (TPSA) is 9.86 Å². The van der Waals surface area contributed by atoms with E-state index in [4.69, 9.17) is 0 Å². The molecule has 0 bridgehead atoms. The molecule has 0 fully saturated rings. The highest BCUT2D eigenvalue weighted by Gasteiger charge is 2.41. The summed E-state index contributed by atoms with van der Waals surface area (Å²) in [6, 6.07) is 90.4. The molecule has 3 heterocycles. The number of aromatic nitrogens is 2. The van der Waals surface area contributed by atoms with Crippen molar-refractivity contribution in [1.29, 1.82) is 0 Å². The van der Waals surface area contributed by atoms with Gasteiger partial charge in [0.2, 0.25) is 0 Å². The van der Waals surface area contributed by atoms with Gasteiger partial charge in [0.15, 0.2) is 8.07 Å². The van der Waals surface area contributed by atoms with Crippen molar-refractivity contribution in [3.63, 3.8) is 0 Å². The zero-order chi connectivity index (χ0) is 42.2. The molecule has 0 saturated carbocycles. The van der Waals surface area contributed by atoms with Crippen molar-refractivity contribution >= 4 is 104 Å². The van der Waals surface area contributed by atoms with Crippen molar-refractivity contribution in [2.75, 3.05) is 0 Å². The van der Waals surface area contributed by atoms with Gasteiger partial charge in [0.05, 0.1) is 27.8 Å². The Morgan fingerprint density at radius 3 is 1.42 bits per heavy atom. The van der Waals surface area contributed by atoms with Crippen LogP contribution in [-0.4, -0.2) is 17.2 Å². The summed E-state index contributed by atoms with van der Waals surface area (Å²) in [7, 11) is -2.77. The molecule has 0 atom stereocenters. The summed E-state index contributed by atoms with van der Waals surface area (Å²) in [5.74, 6) is 0. The number of rotatable bonds is 7. The molecule has 13 rings (SSSR count). The average Bonchev–Trinajstić information content (AvgIpc) is 4.04. The lowest BCUT2D eigenvalue weighted by molar-refractivity contribution is 1.17. The van der Waals surface area contributed by atoms with Crippen molar-refractivity contribution in [2.24, 2.45) is 0 Å². The van der Waals surface area contributed by atoms with Crippen molar-refractivity contribution in [3.8, 4) is 22.5 Å². The number of nitrogens with zero attached hydrogens (tertiary/aromatic N) is 2. The van der Waals surface area contributed by atoms with Gasteiger partial charge in [-0.25, -0.2) is 0 Å². The van der Waals surface area contributed by atoms with Gasteiger partial charge in [0, 0.05) is 47.4 Å². The van der Waals surface area contributed by atoms with Crippen LogP contribution in [0, 0.1) is 0 Å². The van der Waals surface area contributed by atoms with E-state index in [2.05, 4.69) is 252 Å². The molecule has 3 aromatic heterocycles. The number of thiophene rings is 1. The lowest BCUT2D eigenvalue weighted by atomic mass is 9.95. The van der Waals surface area contributed by atoms with Crippen molar-refractivity contribution < 1.29 is 0 Å². The number of fused-ring (bicyclic) bond motifs is 9. The van der Waals surface area contributed by atoms with Crippen LogP contribution in [-0.2, 0) is 0 Å². The lowest BCUT2D eigenvalue weighted by Gasteiger charge is -2.34. The third-order valence-corrected chi connectivity index (χ3v) is 19.4. The number of benzene rings is 10. The fourth-order valence-corrected chi connectivity index (χ4v) is 16.8. The summed E-state index contributed by atoms with van der Waals surface area (Å²) in [4.78, 5) is 0. The number of para-hydroxylation sites is 2. The fourth-order valence-electron chi connectivity index (χ4n) is 10.9. The Hall–Kier alpha value is -7.76. The van der Waals surface area contributed by atoms with E-state index in [1.54, 1.807) is 0 Å². The molecule has 0 aliphatic carbocycles. The molecule has 13 aromatic rings. The van der Waals surface area contributed by atoms with E-state index in [1.807, 2.05) is 11.3 Å². The predicted molar refractivity (Wildman–Crippen MR) is 277 cm³/mol. The van der Waals surface area contributed by atoms with Crippen LogP contribution in [0.4, 0.5) is 0 Å². The third-order valence-electron chi connectivity index (χ3n) is 13.5. The molecule has 300 valence electrons. The fraction of sp³-hybridized carbons (Fsp3) is 0. The largest absolute Gasteiger partial charge is 0.309 e. The third kappa shape index (κ3) is 5.37. The molecule has 0 unspecified atom stereocenters. The zero-order valence-corrected chi connectivity index (χ0v) is 36.7. The summed E-state index contributed by atoms with van der Waals surface area (Å²) < 4.78 is 7.66. The van der Waals surface area contributed by atoms with Crippen LogP contribution in [0.25, 0.3) is 86.3 Å². The Labute approximate surface area is 376 Å². The predicted octanol–water partition coefficient (Wildman–Crippen LogP) is 13.3. The molecule has 0 N–H and O–H groups in total. The summed E-state index contributed by atoms with van der Waals surface area (Å²) in [6.07, 6.45) is 0. The van der Waals surface area contributed by atoms with Crippen LogP contribution >= 0.6 is 11.3 Å². The number of hydrogen-bond donors (Lipinski definition) is 0.